The number of ether oxygens (including phenoxy) is 1. The van der Waals surface area contributed by atoms with E-state index in [1.807, 2.05) is 0 Å². The molecule has 0 bridgehead atoms. The molecule has 25 heavy (non-hydrogen) atoms. The predicted octanol–water partition coefficient (Wildman–Crippen LogP) is 5.22. The van der Waals surface area contributed by atoms with Gasteiger partial charge in [0.05, 0.1) is 13.0 Å². The topological polar surface area (TPSA) is 63.6 Å². The molecule has 1 unspecified atom stereocenters. The lowest BCUT2D eigenvalue weighted by Crippen LogP contribution is -2.25. The summed E-state index contributed by atoms with van der Waals surface area (Å²) in [6.07, 6.45) is 16.2. The molecule has 1 atom stereocenters. The third-order valence-corrected chi connectivity index (χ3v) is 4.56. The average molecular weight is 375 g/mol. The Bertz CT molecular complexity index is 334. The molecule has 0 aromatic heterocycles. The molecule has 0 aromatic rings. The molecule has 0 spiro atoms. The van der Waals surface area contributed by atoms with E-state index < -0.39 is 17.2 Å². The summed E-state index contributed by atoms with van der Waals surface area (Å²) in [5.41, 5.74) is 0. The Balaban J connectivity index is 3.21. The number of aliphatic hydroxyl groups is 1. The second-order valence-electron chi connectivity index (χ2n) is 6.88. The smallest absolute Gasteiger partial charge is 0.335 e. The third-order valence-electron chi connectivity index (χ3n) is 4.38. The molecule has 1 N–H and O–H groups in total. The maximum Gasteiger partial charge on any atom is 0.335 e. The van der Waals surface area contributed by atoms with Crippen LogP contribution in [0.4, 0.5) is 0 Å². The van der Waals surface area contributed by atoms with Crippen molar-refractivity contribution in [1.82, 2.24) is 0 Å². The molecule has 0 fully saturated rings. The Labute approximate surface area is 159 Å². The highest BCUT2D eigenvalue weighted by Gasteiger charge is 2.18. The summed E-state index contributed by atoms with van der Waals surface area (Å²) in [4.78, 5) is 22.0. The van der Waals surface area contributed by atoms with E-state index in [1.165, 1.54) is 70.6 Å². The number of carbonyl (C=O) groups is 2. The molecule has 0 aliphatic rings. The van der Waals surface area contributed by atoms with Gasteiger partial charge in [0.1, 0.15) is 0 Å². The fraction of sp³-hybridized carbons (Fsp3) is 0.900. The van der Waals surface area contributed by atoms with Gasteiger partial charge in [-0.2, -0.15) is 0 Å². The first-order valence-corrected chi connectivity index (χ1v) is 10.6. The largest absolute Gasteiger partial charge is 0.464 e. The van der Waals surface area contributed by atoms with Crippen molar-refractivity contribution in [3.8, 4) is 0 Å². The normalized spacial score (nSPS) is 12.1. The van der Waals surface area contributed by atoms with Gasteiger partial charge in [0.2, 0.25) is 0 Å². The van der Waals surface area contributed by atoms with Crippen molar-refractivity contribution in [2.24, 2.45) is 0 Å². The molecule has 0 aromatic carbocycles. The number of unbranched alkanes of at least 4 members (excludes halogenated alkanes) is 13. The first-order chi connectivity index (χ1) is 12.1. The number of thiol groups is 1. The number of aliphatic hydroxyl groups excluding tert-OH is 1. The number of esters is 1. The molecule has 4 nitrogen and oxygen atoms in total. The van der Waals surface area contributed by atoms with Crippen LogP contribution in [0, 0.1) is 0 Å². The van der Waals surface area contributed by atoms with E-state index in [4.69, 9.17) is 4.74 Å². The van der Waals surface area contributed by atoms with E-state index in [9.17, 15) is 14.7 Å². The Kier molecular flexibility index (Phi) is 17.8. The van der Waals surface area contributed by atoms with Crippen LogP contribution in [0.2, 0.25) is 0 Å². The van der Waals surface area contributed by atoms with Crippen LogP contribution in [-0.2, 0) is 14.3 Å². The molecule has 0 aliphatic heterocycles. The van der Waals surface area contributed by atoms with Crippen LogP contribution in [-0.4, -0.2) is 28.9 Å². The summed E-state index contributed by atoms with van der Waals surface area (Å²) in [5.74, 6) is -0.725. The fourth-order valence-electron chi connectivity index (χ4n) is 2.81. The number of rotatable bonds is 18. The van der Waals surface area contributed by atoms with Gasteiger partial charge in [0, 0.05) is 0 Å². The van der Waals surface area contributed by atoms with E-state index >= 15 is 0 Å². The van der Waals surface area contributed by atoms with Crippen LogP contribution >= 0.6 is 12.6 Å². The van der Waals surface area contributed by atoms with Gasteiger partial charge in [-0.3, -0.25) is 4.79 Å². The van der Waals surface area contributed by atoms with E-state index in [0.717, 1.165) is 19.3 Å². The van der Waals surface area contributed by atoms with Crippen LogP contribution in [0.3, 0.4) is 0 Å². The standard InChI is InChI=1S/C20H38O4S/c1-2-3-4-5-6-7-8-9-10-11-12-13-14-15-16-24-20(23)18(21)17-19(22)25/h18,21H,2-17H2,1H3,(H,22,25). The molecule has 0 aliphatic carbocycles. The van der Waals surface area contributed by atoms with Crippen LogP contribution < -0.4 is 0 Å². The molecule has 148 valence electrons. The Hall–Kier alpha value is -0.550. The average Bonchev–Trinajstić information content (AvgIpc) is 2.57. The lowest BCUT2D eigenvalue weighted by molar-refractivity contribution is -0.154. The van der Waals surface area contributed by atoms with Crippen LogP contribution in [0.25, 0.3) is 0 Å². The lowest BCUT2D eigenvalue weighted by Gasteiger charge is -2.08. The first-order valence-electron chi connectivity index (χ1n) is 10.1. The van der Waals surface area contributed by atoms with Crippen molar-refractivity contribution < 1.29 is 19.4 Å². The number of carbonyl (C=O) groups excluding carboxylic acids is 2. The van der Waals surface area contributed by atoms with Gasteiger partial charge in [-0.1, -0.05) is 90.4 Å². The Morgan fingerprint density at radius 1 is 0.800 bits per heavy atom. The van der Waals surface area contributed by atoms with Gasteiger partial charge >= 0.3 is 5.97 Å². The minimum atomic E-state index is -1.38. The third kappa shape index (κ3) is 18.0. The van der Waals surface area contributed by atoms with Gasteiger partial charge in [-0.15, -0.1) is 12.6 Å². The summed E-state index contributed by atoms with van der Waals surface area (Å²) < 4.78 is 4.94. The van der Waals surface area contributed by atoms with E-state index in [1.54, 1.807) is 0 Å². The zero-order valence-corrected chi connectivity index (χ0v) is 16.9. The molecule has 0 rings (SSSR count). The van der Waals surface area contributed by atoms with Gasteiger partial charge < -0.3 is 9.84 Å². The molecule has 5 heteroatoms. The summed E-state index contributed by atoms with van der Waals surface area (Å²) in [7, 11) is 0. The summed E-state index contributed by atoms with van der Waals surface area (Å²) in [6.45, 7) is 2.57. The second-order valence-corrected chi connectivity index (χ2v) is 7.38. The zero-order chi connectivity index (χ0) is 18.8. The van der Waals surface area contributed by atoms with Crippen molar-refractivity contribution in [2.75, 3.05) is 6.61 Å². The minimum Gasteiger partial charge on any atom is -0.464 e. The predicted molar refractivity (Wildman–Crippen MR) is 106 cm³/mol. The van der Waals surface area contributed by atoms with Gasteiger partial charge in [-0.25, -0.2) is 4.79 Å². The highest BCUT2D eigenvalue weighted by atomic mass is 32.1. The van der Waals surface area contributed by atoms with Crippen LogP contribution in [0.15, 0.2) is 0 Å². The van der Waals surface area contributed by atoms with Gasteiger partial charge in [0.15, 0.2) is 11.2 Å². The summed E-state index contributed by atoms with van der Waals surface area (Å²) in [5, 5.41) is 8.85. The van der Waals surface area contributed by atoms with Crippen molar-refractivity contribution in [3.05, 3.63) is 0 Å². The first kappa shape index (κ1) is 24.5. The maximum absolute atomic E-state index is 11.4. The maximum atomic E-state index is 11.4. The van der Waals surface area contributed by atoms with Crippen molar-refractivity contribution >= 4 is 23.7 Å². The highest BCUT2D eigenvalue weighted by molar-refractivity contribution is 7.96. The van der Waals surface area contributed by atoms with Crippen molar-refractivity contribution in [1.29, 1.82) is 0 Å². The van der Waals surface area contributed by atoms with Crippen LogP contribution in [0.1, 0.15) is 103 Å². The summed E-state index contributed by atoms with van der Waals surface area (Å²) >= 11 is 3.53. The molecular formula is C20H38O4S. The monoisotopic (exact) mass is 374 g/mol. The van der Waals surface area contributed by atoms with Crippen molar-refractivity contribution in [2.45, 2.75) is 109 Å². The lowest BCUT2D eigenvalue weighted by atomic mass is 10.0. The molecular weight excluding hydrogens is 336 g/mol. The SMILES string of the molecule is CCCCCCCCCCCCCCCCOC(=O)C(O)CC(=O)S. The number of hydrogen-bond donors (Lipinski definition) is 2. The molecule has 0 saturated heterocycles. The van der Waals surface area contributed by atoms with Crippen LogP contribution in [0.5, 0.6) is 0 Å². The fourth-order valence-corrected chi connectivity index (χ4v) is 2.99. The highest BCUT2D eigenvalue weighted by Crippen LogP contribution is 2.13. The molecule has 0 radical (unpaired) electrons. The van der Waals surface area contributed by atoms with E-state index in [0.29, 0.717) is 6.61 Å². The van der Waals surface area contributed by atoms with E-state index in [-0.39, 0.29) is 6.42 Å². The Morgan fingerprint density at radius 2 is 1.20 bits per heavy atom. The molecule has 0 heterocycles. The number of hydrogen-bond acceptors (Lipinski definition) is 4. The van der Waals surface area contributed by atoms with Crippen molar-refractivity contribution in [3.63, 3.8) is 0 Å². The molecule has 0 amide bonds. The summed E-state index contributed by atoms with van der Waals surface area (Å²) in [6, 6.07) is 0. The Morgan fingerprint density at radius 3 is 1.60 bits per heavy atom. The second kappa shape index (κ2) is 18.2. The minimum absolute atomic E-state index is 0.291. The quantitative estimate of drug-likeness (QED) is 0.196. The molecule has 0 saturated carbocycles. The van der Waals surface area contributed by atoms with Gasteiger partial charge in [-0.05, 0) is 6.42 Å². The van der Waals surface area contributed by atoms with E-state index in [2.05, 4.69) is 19.6 Å². The zero-order valence-electron chi connectivity index (χ0n) is 16.0. The van der Waals surface area contributed by atoms with Gasteiger partial charge in [0.25, 0.3) is 0 Å².